The fraction of sp³-hybridized carbons (Fsp3) is 0.647. The molecule has 1 saturated heterocycles. The molecule has 0 bridgehead atoms. The molecule has 3 nitrogen and oxygen atoms in total. The number of piperazine rings is 1. The van der Waals surface area contributed by atoms with Crippen molar-refractivity contribution in [2.45, 2.75) is 44.7 Å². The van der Waals surface area contributed by atoms with Gasteiger partial charge in [0.05, 0.1) is 12.1 Å². The Morgan fingerprint density at radius 2 is 2.19 bits per heavy atom. The van der Waals surface area contributed by atoms with E-state index in [1.165, 1.54) is 18.5 Å². The van der Waals surface area contributed by atoms with E-state index in [-0.39, 0.29) is 5.54 Å². The third-order valence-electron chi connectivity index (χ3n) is 5.10. The second kappa shape index (κ2) is 5.69. The second-order valence-electron chi connectivity index (χ2n) is 6.58. The third-order valence-corrected chi connectivity index (χ3v) is 5.39. The minimum Gasteiger partial charge on any atom is -0.495 e. The summed E-state index contributed by atoms with van der Waals surface area (Å²) in [4.78, 5) is 2.53. The van der Waals surface area contributed by atoms with Crippen LogP contribution in [0.5, 0.6) is 5.75 Å². The average Bonchev–Trinajstić information content (AvgIpc) is 3.32. The minimum atomic E-state index is 0.234. The van der Waals surface area contributed by atoms with Crippen LogP contribution in [-0.4, -0.2) is 31.8 Å². The van der Waals surface area contributed by atoms with Crippen LogP contribution in [0.4, 0.5) is 5.69 Å². The van der Waals surface area contributed by atoms with Gasteiger partial charge in [-0.15, -0.1) is 0 Å². The molecule has 2 fully saturated rings. The van der Waals surface area contributed by atoms with Crippen LogP contribution >= 0.6 is 11.6 Å². The van der Waals surface area contributed by atoms with Gasteiger partial charge in [-0.25, -0.2) is 0 Å². The van der Waals surface area contributed by atoms with Crippen LogP contribution < -0.4 is 15.0 Å². The lowest BCUT2D eigenvalue weighted by Crippen LogP contribution is -2.64. The average molecular weight is 309 g/mol. The maximum atomic E-state index is 6.32. The summed E-state index contributed by atoms with van der Waals surface area (Å²) in [5, 5.41) is 4.49. The van der Waals surface area contributed by atoms with Crippen molar-refractivity contribution in [3.63, 3.8) is 0 Å². The molecule has 2 atom stereocenters. The van der Waals surface area contributed by atoms with E-state index in [0.717, 1.165) is 31.2 Å². The van der Waals surface area contributed by atoms with Crippen molar-refractivity contribution in [2.24, 2.45) is 5.92 Å². The highest BCUT2D eigenvalue weighted by molar-refractivity contribution is 6.32. The lowest BCUT2D eigenvalue weighted by atomic mass is 9.90. The number of benzene rings is 1. The van der Waals surface area contributed by atoms with Gasteiger partial charge < -0.3 is 15.0 Å². The maximum absolute atomic E-state index is 6.32. The Morgan fingerprint density at radius 3 is 2.76 bits per heavy atom. The summed E-state index contributed by atoms with van der Waals surface area (Å²) in [6.45, 7) is 6.73. The molecule has 2 unspecified atom stereocenters. The molecule has 0 spiro atoms. The largest absolute Gasteiger partial charge is 0.495 e. The van der Waals surface area contributed by atoms with Crippen LogP contribution in [0.15, 0.2) is 18.2 Å². The smallest absolute Gasteiger partial charge is 0.137 e. The van der Waals surface area contributed by atoms with Gasteiger partial charge in [0.1, 0.15) is 5.75 Å². The number of halogens is 1. The van der Waals surface area contributed by atoms with Gasteiger partial charge in [0, 0.05) is 30.4 Å². The summed E-state index contributed by atoms with van der Waals surface area (Å²) in [5.74, 6) is 1.57. The molecular weight excluding hydrogens is 284 g/mol. The van der Waals surface area contributed by atoms with E-state index in [9.17, 15) is 0 Å². The normalized spacial score (nSPS) is 29.5. The van der Waals surface area contributed by atoms with Gasteiger partial charge in [0.25, 0.3) is 0 Å². The molecule has 1 aromatic carbocycles. The molecule has 1 heterocycles. The molecule has 1 N–H and O–H groups in total. The van der Waals surface area contributed by atoms with Crippen LogP contribution in [0.25, 0.3) is 0 Å². The number of hydrogen-bond acceptors (Lipinski definition) is 3. The highest BCUT2D eigenvalue weighted by Gasteiger charge is 2.45. The third kappa shape index (κ3) is 2.86. The number of rotatable bonds is 4. The maximum Gasteiger partial charge on any atom is 0.137 e. The van der Waals surface area contributed by atoms with Crippen LogP contribution in [0.1, 0.15) is 33.1 Å². The van der Waals surface area contributed by atoms with Crippen molar-refractivity contribution in [1.29, 1.82) is 0 Å². The summed E-state index contributed by atoms with van der Waals surface area (Å²) in [7, 11) is 1.66. The molecule has 21 heavy (non-hydrogen) atoms. The Balaban J connectivity index is 1.87. The van der Waals surface area contributed by atoms with E-state index in [1.54, 1.807) is 7.11 Å². The fourth-order valence-corrected chi connectivity index (χ4v) is 3.75. The highest BCUT2D eigenvalue weighted by atomic mass is 35.5. The van der Waals surface area contributed by atoms with Crippen molar-refractivity contribution in [3.05, 3.63) is 23.2 Å². The standard InChI is InChI=1S/C17H25ClN2O/c1-4-13-10-19-17(2,12-5-6-12)11-20(13)14-7-8-16(21-3)15(18)9-14/h7-9,12-13,19H,4-6,10-11H2,1-3H3. The molecule has 1 aromatic rings. The van der Waals surface area contributed by atoms with Crippen LogP contribution in [0, 0.1) is 5.92 Å². The summed E-state index contributed by atoms with van der Waals surface area (Å²) in [5.41, 5.74) is 1.44. The predicted octanol–water partition coefficient (Wildman–Crippen LogP) is 3.71. The SMILES string of the molecule is CCC1CNC(C)(C2CC2)CN1c1ccc(OC)c(Cl)c1. The molecule has 0 amide bonds. The quantitative estimate of drug-likeness (QED) is 0.918. The predicted molar refractivity (Wildman–Crippen MR) is 88.6 cm³/mol. The van der Waals surface area contributed by atoms with Crippen molar-refractivity contribution >= 4 is 17.3 Å². The first-order chi connectivity index (χ1) is 10.1. The summed E-state index contributed by atoms with van der Waals surface area (Å²) in [6, 6.07) is 6.68. The summed E-state index contributed by atoms with van der Waals surface area (Å²) >= 11 is 6.32. The topological polar surface area (TPSA) is 24.5 Å². The van der Waals surface area contributed by atoms with Crippen LogP contribution in [-0.2, 0) is 0 Å². The first-order valence-electron chi connectivity index (χ1n) is 7.92. The molecule has 0 radical (unpaired) electrons. The van der Waals surface area contributed by atoms with Gasteiger partial charge in [0.15, 0.2) is 0 Å². The van der Waals surface area contributed by atoms with Crippen molar-refractivity contribution < 1.29 is 4.74 Å². The molecule has 4 heteroatoms. The molecule has 116 valence electrons. The lowest BCUT2D eigenvalue weighted by molar-refractivity contribution is 0.252. The number of anilines is 1. The zero-order valence-corrected chi connectivity index (χ0v) is 13.9. The monoisotopic (exact) mass is 308 g/mol. The van der Waals surface area contributed by atoms with E-state index in [1.807, 2.05) is 12.1 Å². The Kier molecular flexibility index (Phi) is 4.06. The van der Waals surface area contributed by atoms with Gasteiger partial charge in [0.2, 0.25) is 0 Å². The zero-order chi connectivity index (χ0) is 15.0. The Labute approximate surface area is 132 Å². The number of hydrogen-bond donors (Lipinski definition) is 1. The molecule has 1 saturated carbocycles. The van der Waals surface area contributed by atoms with Crippen molar-refractivity contribution in [3.8, 4) is 5.75 Å². The van der Waals surface area contributed by atoms with Gasteiger partial charge in [-0.1, -0.05) is 18.5 Å². The molecule has 2 aliphatic rings. The van der Waals surface area contributed by atoms with Crippen molar-refractivity contribution in [1.82, 2.24) is 5.32 Å². The molecular formula is C17H25ClN2O. The van der Waals surface area contributed by atoms with Gasteiger partial charge >= 0.3 is 0 Å². The van der Waals surface area contributed by atoms with Gasteiger partial charge in [-0.05, 0) is 50.3 Å². The first-order valence-corrected chi connectivity index (χ1v) is 8.30. The second-order valence-corrected chi connectivity index (χ2v) is 6.99. The van der Waals surface area contributed by atoms with E-state index in [0.29, 0.717) is 11.1 Å². The number of nitrogens with one attached hydrogen (secondary N) is 1. The minimum absolute atomic E-state index is 0.234. The van der Waals surface area contributed by atoms with Crippen molar-refractivity contribution in [2.75, 3.05) is 25.1 Å². The van der Waals surface area contributed by atoms with E-state index in [2.05, 4.69) is 30.1 Å². The molecule has 0 aromatic heterocycles. The number of nitrogens with zero attached hydrogens (tertiary/aromatic N) is 1. The number of methoxy groups -OCH3 is 1. The van der Waals surface area contributed by atoms with E-state index in [4.69, 9.17) is 16.3 Å². The Hall–Kier alpha value is -0.930. The molecule has 1 aliphatic carbocycles. The Bertz CT molecular complexity index is 518. The van der Waals surface area contributed by atoms with E-state index >= 15 is 0 Å². The summed E-state index contributed by atoms with van der Waals surface area (Å²) in [6.07, 6.45) is 3.85. The Morgan fingerprint density at radius 1 is 1.43 bits per heavy atom. The number of ether oxygens (including phenoxy) is 1. The summed E-state index contributed by atoms with van der Waals surface area (Å²) < 4.78 is 5.27. The van der Waals surface area contributed by atoms with Crippen LogP contribution in [0.3, 0.4) is 0 Å². The van der Waals surface area contributed by atoms with Gasteiger partial charge in [-0.3, -0.25) is 0 Å². The first kappa shape index (κ1) is 15.0. The van der Waals surface area contributed by atoms with Gasteiger partial charge in [-0.2, -0.15) is 0 Å². The molecule has 1 aliphatic heterocycles. The van der Waals surface area contributed by atoms with Crippen LogP contribution in [0.2, 0.25) is 5.02 Å². The fourth-order valence-electron chi connectivity index (χ4n) is 3.49. The highest BCUT2D eigenvalue weighted by Crippen LogP contribution is 2.42. The zero-order valence-electron chi connectivity index (χ0n) is 13.2. The molecule has 3 rings (SSSR count). The van der Waals surface area contributed by atoms with E-state index < -0.39 is 0 Å². The lowest BCUT2D eigenvalue weighted by Gasteiger charge is -2.48.